The lowest BCUT2D eigenvalue weighted by atomic mass is 9.72. The second-order valence-electron chi connectivity index (χ2n) is 8.30. The quantitative estimate of drug-likeness (QED) is 0.432. The maximum Gasteiger partial charge on any atom is 0.309 e. The van der Waals surface area contributed by atoms with Crippen LogP contribution in [0.3, 0.4) is 0 Å². The molecule has 0 amide bonds. The summed E-state index contributed by atoms with van der Waals surface area (Å²) in [5.74, 6) is 0.903. The summed E-state index contributed by atoms with van der Waals surface area (Å²) < 4.78 is 9.79. The van der Waals surface area contributed by atoms with Crippen LogP contribution >= 0.6 is 0 Å². The van der Waals surface area contributed by atoms with Gasteiger partial charge in [-0.15, -0.1) is 0 Å². The molecule has 1 rings (SSSR count). The number of hydrogen-bond acceptors (Lipinski definition) is 4. The van der Waals surface area contributed by atoms with E-state index in [1.807, 2.05) is 13.8 Å². The molecule has 0 aromatic heterocycles. The molecule has 1 fully saturated rings. The normalized spacial score (nSPS) is 23.2. The van der Waals surface area contributed by atoms with Crippen molar-refractivity contribution >= 4 is 11.9 Å². The SMILES string of the molecule is CC.COC(=O)C1CCC(CCCC(C)CCCC(C)C)CC1C(=O)OC. The minimum atomic E-state index is -0.334. The maximum absolute atomic E-state index is 12.1. The van der Waals surface area contributed by atoms with Gasteiger partial charge in [-0.25, -0.2) is 0 Å². The largest absolute Gasteiger partial charge is 0.469 e. The van der Waals surface area contributed by atoms with Crippen LogP contribution in [0.4, 0.5) is 0 Å². The molecule has 0 saturated heterocycles. The number of ether oxygens (including phenoxy) is 2. The third-order valence-electron chi connectivity index (χ3n) is 5.75. The Morgan fingerprint density at radius 1 is 0.852 bits per heavy atom. The number of carbonyl (C=O) groups is 2. The maximum atomic E-state index is 12.1. The summed E-state index contributed by atoms with van der Waals surface area (Å²) in [7, 11) is 2.79. The van der Waals surface area contributed by atoms with Gasteiger partial charge in [0.15, 0.2) is 0 Å². The van der Waals surface area contributed by atoms with E-state index in [0.29, 0.717) is 5.92 Å². The first-order valence-electron chi connectivity index (χ1n) is 11.0. The van der Waals surface area contributed by atoms with Crippen LogP contribution in [0.25, 0.3) is 0 Å². The second-order valence-corrected chi connectivity index (χ2v) is 8.30. The van der Waals surface area contributed by atoms with Crippen LogP contribution in [-0.2, 0) is 19.1 Å². The van der Waals surface area contributed by atoms with Crippen LogP contribution in [0.5, 0.6) is 0 Å². The average molecular weight is 385 g/mol. The van der Waals surface area contributed by atoms with E-state index in [9.17, 15) is 9.59 Å². The zero-order valence-corrected chi connectivity index (χ0v) is 18.9. The van der Waals surface area contributed by atoms with E-state index in [-0.39, 0.29) is 23.8 Å². The van der Waals surface area contributed by atoms with E-state index in [1.54, 1.807) is 0 Å². The van der Waals surface area contributed by atoms with Crippen molar-refractivity contribution in [2.75, 3.05) is 14.2 Å². The summed E-state index contributed by atoms with van der Waals surface area (Å²) in [5.41, 5.74) is 0. The smallest absolute Gasteiger partial charge is 0.309 e. The van der Waals surface area contributed by atoms with E-state index in [1.165, 1.54) is 46.3 Å². The molecule has 27 heavy (non-hydrogen) atoms. The molecule has 1 aliphatic rings. The van der Waals surface area contributed by atoms with Gasteiger partial charge in [-0.05, 0) is 37.0 Å². The molecule has 4 atom stereocenters. The highest BCUT2D eigenvalue weighted by molar-refractivity contribution is 5.82. The molecule has 160 valence electrons. The molecule has 4 nitrogen and oxygen atoms in total. The zero-order valence-electron chi connectivity index (χ0n) is 18.9. The number of hydrogen-bond donors (Lipinski definition) is 0. The van der Waals surface area contributed by atoms with E-state index >= 15 is 0 Å². The van der Waals surface area contributed by atoms with Crippen molar-refractivity contribution in [3.63, 3.8) is 0 Å². The first-order chi connectivity index (χ1) is 12.9. The van der Waals surface area contributed by atoms with Crippen LogP contribution in [0.1, 0.15) is 92.4 Å². The predicted octanol–water partition coefficient (Wildman–Crippen LogP) is 6.02. The molecular weight excluding hydrogens is 340 g/mol. The third kappa shape index (κ3) is 10.2. The highest BCUT2D eigenvalue weighted by Gasteiger charge is 2.40. The molecule has 1 aliphatic carbocycles. The molecule has 4 heteroatoms. The van der Waals surface area contributed by atoms with Crippen LogP contribution in [0, 0.1) is 29.6 Å². The first-order valence-corrected chi connectivity index (χ1v) is 11.0. The second kappa shape index (κ2) is 14.9. The highest BCUT2D eigenvalue weighted by Crippen LogP contribution is 2.38. The van der Waals surface area contributed by atoms with Gasteiger partial charge in [0.25, 0.3) is 0 Å². The Kier molecular flexibility index (Phi) is 14.3. The number of carbonyl (C=O) groups excluding carboxylic acids is 2. The van der Waals surface area contributed by atoms with Crippen molar-refractivity contribution in [3.05, 3.63) is 0 Å². The van der Waals surface area contributed by atoms with Gasteiger partial charge >= 0.3 is 11.9 Å². The molecule has 0 radical (unpaired) electrons. The van der Waals surface area contributed by atoms with Crippen LogP contribution in [-0.4, -0.2) is 26.2 Å². The highest BCUT2D eigenvalue weighted by atomic mass is 16.5. The van der Waals surface area contributed by atoms with Crippen LogP contribution < -0.4 is 0 Å². The molecule has 0 bridgehead atoms. The van der Waals surface area contributed by atoms with E-state index in [2.05, 4.69) is 20.8 Å². The molecule has 0 aliphatic heterocycles. The number of esters is 2. The Labute approximate surface area is 167 Å². The van der Waals surface area contributed by atoms with Crippen molar-refractivity contribution in [2.24, 2.45) is 29.6 Å². The fourth-order valence-corrected chi connectivity index (χ4v) is 4.14. The third-order valence-corrected chi connectivity index (χ3v) is 5.75. The summed E-state index contributed by atoms with van der Waals surface area (Å²) >= 11 is 0. The van der Waals surface area contributed by atoms with Crippen molar-refractivity contribution in [1.82, 2.24) is 0 Å². The zero-order chi connectivity index (χ0) is 20.8. The summed E-state index contributed by atoms with van der Waals surface area (Å²) in [5, 5.41) is 0. The summed E-state index contributed by atoms with van der Waals surface area (Å²) in [4.78, 5) is 24.0. The molecule has 0 spiro atoms. The molecule has 1 saturated carbocycles. The van der Waals surface area contributed by atoms with Gasteiger partial charge in [-0.2, -0.15) is 0 Å². The van der Waals surface area contributed by atoms with Crippen molar-refractivity contribution in [3.8, 4) is 0 Å². The Morgan fingerprint density at radius 3 is 1.96 bits per heavy atom. The summed E-state index contributed by atoms with van der Waals surface area (Å²) in [6.07, 6.45) is 10.1. The monoisotopic (exact) mass is 384 g/mol. The fourth-order valence-electron chi connectivity index (χ4n) is 4.14. The molecule has 0 aromatic rings. The van der Waals surface area contributed by atoms with Crippen molar-refractivity contribution in [2.45, 2.75) is 92.4 Å². The van der Waals surface area contributed by atoms with E-state index in [4.69, 9.17) is 9.47 Å². The molecular formula is C23H44O4. The average Bonchev–Trinajstić information content (AvgIpc) is 2.67. The Bertz CT molecular complexity index is 405. The Balaban J connectivity index is 0.00000326. The minimum absolute atomic E-state index is 0.262. The Hall–Kier alpha value is -1.06. The lowest BCUT2D eigenvalue weighted by Crippen LogP contribution is -2.37. The standard InChI is InChI=1S/C21H38O4.C2H6/c1-15(2)8-6-9-16(3)10-7-11-17-12-13-18(20(22)24-4)19(14-17)21(23)25-5;1-2/h15-19H,6-14H2,1-5H3;1-2H3. The van der Waals surface area contributed by atoms with Gasteiger partial charge in [0.1, 0.15) is 0 Å². The van der Waals surface area contributed by atoms with Crippen molar-refractivity contribution < 1.29 is 19.1 Å². The lowest BCUT2D eigenvalue weighted by Gasteiger charge is -2.33. The van der Waals surface area contributed by atoms with Gasteiger partial charge in [-0.1, -0.05) is 73.1 Å². The van der Waals surface area contributed by atoms with Gasteiger partial charge in [0.05, 0.1) is 26.1 Å². The van der Waals surface area contributed by atoms with Gasteiger partial charge < -0.3 is 9.47 Å². The number of methoxy groups -OCH3 is 2. The predicted molar refractivity (Wildman–Crippen MR) is 111 cm³/mol. The van der Waals surface area contributed by atoms with Gasteiger partial charge in [-0.3, -0.25) is 9.59 Å². The van der Waals surface area contributed by atoms with E-state index < -0.39 is 0 Å². The molecule has 4 unspecified atom stereocenters. The summed E-state index contributed by atoms with van der Waals surface area (Å²) in [6.45, 7) is 10.9. The Morgan fingerprint density at radius 2 is 1.41 bits per heavy atom. The first kappa shape index (κ1) is 25.9. The van der Waals surface area contributed by atoms with Crippen LogP contribution in [0.15, 0.2) is 0 Å². The van der Waals surface area contributed by atoms with Gasteiger partial charge in [0.2, 0.25) is 0 Å². The van der Waals surface area contributed by atoms with Crippen molar-refractivity contribution in [1.29, 1.82) is 0 Å². The lowest BCUT2D eigenvalue weighted by molar-refractivity contribution is -0.160. The van der Waals surface area contributed by atoms with E-state index in [0.717, 1.165) is 37.5 Å². The number of rotatable bonds is 10. The molecule has 0 heterocycles. The topological polar surface area (TPSA) is 52.6 Å². The molecule has 0 aromatic carbocycles. The van der Waals surface area contributed by atoms with Gasteiger partial charge in [0, 0.05) is 0 Å². The molecule has 0 N–H and O–H groups in total. The minimum Gasteiger partial charge on any atom is -0.469 e. The van der Waals surface area contributed by atoms with Crippen LogP contribution in [0.2, 0.25) is 0 Å². The summed E-state index contributed by atoms with van der Waals surface area (Å²) in [6, 6.07) is 0. The fraction of sp³-hybridized carbons (Fsp3) is 0.913.